The number of nitrogens with zero attached hydrogens (tertiary/aromatic N) is 1. The molecule has 3 rings (SSSR count). The van der Waals surface area contributed by atoms with Crippen LogP contribution in [0.5, 0.6) is 0 Å². The van der Waals surface area contributed by atoms with Gasteiger partial charge in [0.1, 0.15) is 5.41 Å². The van der Waals surface area contributed by atoms with Gasteiger partial charge in [0.25, 0.3) is 0 Å². The minimum atomic E-state index is -7.70. The molecule has 0 heterocycles. The molecule has 0 bridgehead atoms. The molecule has 0 aliphatic heterocycles. The number of hydrogen-bond acceptors (Lipinski definition) is 5. The van der Waals surface area contributed by atoms with Crippen molar-refractivity contribution in [2.24, 2.45) is 5.41 Å². The van der Waals surface area contributed by atoms with Crippen LogP contribution in [0.1, 0.15) is 17.2 Å². The number of aliphatic carboxylic acids is 1. The van der Waals surface area contributed by atoms with E-state index in [1.165, 1.54) is 36.4 Å². The first-order chi connectivity index (χ1) is 23.8. The van der Waals surface area contributed by atoms with Gasteiger partial charge in [-0.05, 0) is 22.3 Å². The van der Waals surface area contributed by atoms with Crippen LogP contribution in [0.4, 0.5) is 83.8 Å². The summed E-state index contributed by atoms with van der Waals surface area (Å²) in [6, 6.07) is 8.04. The van der Waals surface area contributed by atoms with E-state index in [9.17, 15) is 93.7 Å². The van der Waals surface area contributed by atoms with E-state index >= 15 is 0 Å². The van der Waals surface area contributed by atoms with Crippen molar-refractivity contribution in [2.45, 2.75) is 54.3 Å². The van der Waals surface area contributed by atoms with Gasteiger partial charge in [0.05, 0.1) is 26.4 Å². The normalized spacial score (nSPS) is 15.2. The molecule has 0 fully saturated rings. The fourth-order valence-corrected chi connectivity index (χ4v) is 5.44. The summed E-state index contributed by atoms with van der Waals surface area (Å²) < 4.78 is 258. The molecule has 1 amide bonds. The van der Waals surface area contributed by atoms with E-state index < -0.39 is 91.5 Å². The number of carbonyl (C=O) groups is 2. The zero-order valence-electron chi connectivity index (χ0n) is 25.6. The molecule has 0 unspecified atom stereocenters. The number of benzene rings is 2. The van der Waals surface area contributed by atoms with Gasteiger partial charge >= 0.3 is 60.3 Å². The molecule has 0 aromatic heterocycles. The molecule has 0 atom stereocenters. The van der Waals surface area contributed by atoms with Gasteiger partial charge in [-0.3, -0.25) is 9.69 Å². The number of methoxy groups -OCH3 is 1. The van der Waals surface area contributed by atoms with Gasteiger partial charge in [-0.15, -0.1) is 0 Å². The molecule has 0 radical (unpaired) electrons. The summed E-state index contributed by atoms with van der Waals surface area (Å²) in [5.41, 5.74) is -19.8. The van der Waals surface area contributed by atoms with Crippen molar-refractivity contribution in [3.8, 4) is 11.1 Å². The van der Waals surface area contributed by atoms with Crippen LogP contribution in [0.3, 0.4) is 0 Å². The number of ether oxygens (including phenoxy) is 3. The number of rotatable bonds is 10. The van der Waals surface area contributed by atoms with E-state index in [1.54, 1.807) is 0 Å². The lowest BCUT2D eigenvalue weighted by Gasteiger charge is -2.44. The first-order valence-corrected chi connectivity index (χ1v) is 13.7. The van der Waals surface area contributed by atoms with E-state index in [0.717, 1.165) is 12.1 Å². The minimum Gasteiger partial charge on any atom is -0.481 e. The van der Waals surface area contributed by atoms with Crippen LogP contribution in [0.2, 0.25) is 0 Å². The Morgan fingerprint density at radius 2 is 0.887 bits per heavy atom. The second-order valence-corrected chi connectivity index (χ2v) is 11.2. The highest BCUT2D eigenvalue weighted by Gasteiger charge is 2.87. The lowest BCUT2D eigenvalue weighted by molar-refractivity contribution is -0.466. The average Bonchev–Trinajstić information content (AvgIpc) is 3.29. The van der Waals surface area contributed by atoms with Gasteiger partial charge in [-0.25, -0.2) is 4.79 Å². The molecule has 2 aromatic carbocycles. The number of amides is 1. The Hall–Kier alpha value is -4.16. The second-order valence-electron chi connectivity index (χ2n) is 11.2. The second kappa shape index (κ2) is 13.6. The maximum absolute atomic E-state index is 13.7. The zero-order chi connectivity index (χ0) is 41.0. The SMILES string of the molecule is COC(=O)N(CC(COC(C(F)(F)F)(C(F)(F)F)C(F)(F)F)(COC(C(F)(F)F)(C(F)(F)F)C(F)(F)F)C(=O)O)C1c2ccccc2-c2ccccc21. The summed E-state index contributed by atoms with van der Waals surface area (Å²) in [6.07, 6.45) is -48.2. The van der Waals surface area contributed by atoms with Crippen LogP contribution in [-0.2, 0) is 19.0 Å². The number of carboxylic acids is 1. The lowest BCUT2D eigenvalue weighted by Crippen LogP contribution is -2.70. The lowest BCUT2D eigenvalue weighted by atomic mass is 9.86. The van der Waals surface area contributed by atoms with Gasteiger partial charge in [0.15, 0.2) is 0 Å². The van der Waals surface area contributed by atoms with Crippen molar-refractivity contribution in [3.05, 3.63) is 59.7 Å². The van der Waals surface area contributed by atoms with Gasteiger partial charge in [-0.2, -0.15) is 79.0 Å². The third-order valence-electron chi connectivity index (χ3n) is 7.97. The first-order valence-electron chi connectivity index (χ1n) is 13.7. The smallest absolute Gasteiger partial charge is 0.435 e. The molecule has 1 aliphatic carbocycles. The van der Waals surface area contributed by atoms with E-state index in [4.69, 9.17) is 0 Å². The van der Waals surface area contributed by atoms with Crippen LogP contribution in [0.15, 0.2) is 48.5 Å². The van der Waals surface area contributed by atoms with E-state index in [1.807, 2.05) is 0 Å². The summed E-state index contributed by atoms with van der Waals surface area (Å²) in [5, 5.41) is 10.0. The predicted octanol–water partition coefficient (Wildman–Crippen LogP) is 8.78. The van der Waals surface area contributed by atoms with Crippen molar-refractivity contribution in [2.75, 3.05) is 26.9 Å². The molecule has 0 saturated carbocycles. The summed E-state index contributed by atoms with van der Waals surface area (Å²) in [5.74, 6) is -3.30. The Morgan fingerprint density at radius 1 is 0.585 bits per heavy atom. The fraction of sp³-hybridized carbons (Fsp3) is 0.500. The molecule has 1 N–H and O–H groups in total. The Labute approximate surface area is 283 Å². The molecule has 7 nitrogen and oxygen atoms in total. The summed E-state index contributed by atoms with van der Waals surface area (Å²) in [6.45, 7) is -9.35. The topological polar surface area (TPSA) is 85.3 Å². The van der Waals surface area contributed by atoms with Crippen LogP contribution < -0.4 is 0 Å². The molecule has 0 saturated heterocycles. The standard InChI is InChI=1S/C28H19F18NO6/c1-51-19(50)47(17-15-8-4-2-6-13(15)14-7-3-5-9-16(14)17)10-20(18(48)49,11-52-21(23(29,30)31,24(32,33)34)25(35,36)37)12-53-22(26(38,39)40,27(41,42)43)28(44,45)46/h2-9,17H,10-12H2,1H3,(H,48,49). The van der Waals surface area contributed by atoms with Crippen molar-refractivity contribution in [1.82, 2.24) is 4.90 Å². The number of carbonyl (C=O) groups excluding carboxylic acids is 1. The Morgan fingerprint density at radius 3 is 1.15 bits per heavy atom. The van der Waals surface area contributed by atoms with Gasteiger partial charge < -0.3 is 19.3 Å². The van der Waals surface area contributed by atoms with E-state index in [0.29, 0.717) is 7.11 Å². The van der Waals surface area contributed by atoms with Crippen molar-refractivity contribution in [1.29, 1.82) is 0 Å². The molecular formula is C28H19F18NO6. The largest absolute Gasteiger partial charge is 0.481 e. The number of fused-ring (bicyclic) bond motifs is 3. The molecule has 298 valence electrons. The molecule has 25 heteroatoms. The minimum absolute atomic E-state index is 0.0988. The molecule has 53 heavy (non-hydrogen) atoms. The monoisotopic (exact) mass is 807 g/mol. The molecule has 2 aromatic rings. The van der Waals surface area contributed by atoms with Crippen LogP contribution in [0.25, 0.3) is 11.1 Å². The summed E-state index contributed by atoms with van der Waals surface area (Å²) >= 11 is 0. The average molecular weight is 807 g/mol. The van der Waals surface area contributed by atoms with Crippen LogP contribution in [-0.4, -0.2) is 97.2 Å². The fourth-order valence-electron chi connectivity index (χ4n) is 5.44. The van der Waals surface area contributed by atoms with E-state index in [2.05, 4.69) is 14.2 Å². The Bertz CT molecular complexity index is 1490. The highest BCUT2D eigenvalue weighted by Crippen LogP contribution is 2.58. The van der Waals surface area contributed by atoms with Crippen LogP contribution >= 0.6 is 0 Å². The zero-order valence-corrected chi connectivity index (χ0v) is 25.6. The Kier molecular flexibility index (Phi) is 11.1. The van der Waals surface area contributed by atoms with Crippen LogP contribution in [0, 0.1) is 5.41 Å². The number of carboxylic acid groups (broad SMARTS) is 1. The molecule has 0 spiro atoms. The first kappa shape index (κ1) is 43.2. The summed E-state index contributed by atoms with van der Waals surface area (Å²) in [4.78, 5) is 25.7. The van der Waals surface area contributed by atoms with Crippen molar-refractivity contribution in [3.63, 3.8) is 0 Å². The van der Waals surface area contributed by atoms with Crippen molar-refractivity contribution >= 4 is 12.1 Å². The maximum atomic E-state index is 13.7. The highest BCUT2D eigenvalue weighted by molar-refractivity contribution is 5.82. The van der Waals surface area contributed by atoms with E-state index in [-0.39, 0.29) is 27.2 Å². The number of hydrogen-bond donors (Lipinski definition) is 1. The van der Waals surface area contributed by atoms with Crippen molar-refractivity contribution < 1.29 is 108 Å². The van der Waals surface area contributed by atoms with Gasteiger partial charge in [0.2, 0.25) is 0 Å². The van der Waals surface area contributed by atoms with Gasteiger partial charge in [0, 0.05) is 6.54 Å². The molecule has 1 aliphatic rings. The third-order valence-corrected chi connectivity index (χ3v) is 7.97. The number of alkyl halides is 18. The maximum Gasteiger partial charge on any atom is 0.435 e. The third kappa shape index (κ3) is 7.12. The predicted molar refractivity (Wildman–Crippen MR) is 137 cm³/mol. The van der Waals surface area contributed by atoms with Gasteiger partial charge in [-0.1, -0.05) is 48.5 Å². The quantitative estimate of drug-likeness (QED) is 0.242. The Balaban J connectivity index is 2.42. The molecular weight excluding hydrogens is 788 g/mol. The number of halogens is 18. The summed E-state index contributed by atoms with van der Waals surface area (Å²) in [7, 11) is 0.460. The highest BCUT2D eigenvalue weighted by atomic mass is 19.4.